The quantitative estimate of drug-likeness (QED) is 0.609. The zero-order valence-corrected chi connectivity index (χ0v) is 10.1. The summed E-state index contributed by atoms with van der Waals surface area (Å²) in [4.78, 5) is 13.9. The van der Waals surface area contributed by atoms with Gasteiger partial charge in [0.15, 0.2) is 0 Å². The summed E-state index contributed by atoms with van der Waals surface area (Å²) in [6.45, 7) is 0. The summed E-state index contributed by atoms with van der Waals surface area (Å²) in [5.41, 5.74) is 1.14. The maximum Gasteiger partial charge on any atom is 0.269 e. The van der Waals surface area contributed by atoms with Gasteiger partial charge in [0, 0.05) is 24.0 Å². The number of benzene rings is 1. The molecule has 1 aromatic heterocycles. The largest absolute Gasteiger partial charge is 0.269 e. The van der Waals surface area contributed by atoms with Crippen molar-refractivity contribution >= 4 is 16.5 Å². The molecule has 7 nitrogen and oxygen atoms in total. The zero-order valence-electron chi connectivity index (χ0n) is 9.31. The van der Waals surface area contributed by atoms with Crippen LogP contribution in [0.25, 0.3) is 11.3 Å². The number of nitro groups is 1. The van der Waals surface area contributed by atoms with Gasteiger partial charge < -0.3 is 0 Å². The number of non-ortho nitro benzene ring substituents is 1. The lowest BCUT2D eigenvalue weighted by molar-refractivity contribution is -0.384. The van der Waals surface area contributed by atoms with E-state index in [-0.39, 0.29) is 10.8 Å². The number of hydrogen-bond acceptors (Lipinski definition) is 6. The third-order valence-corrected chi connectivity index (χ3v) is 2.87. The summed E-state index contributed by atoms with van der Waals surface area (Å²) in [6.07, 6.45) is 2.90. The summed E-state index contributed by atoms with van der Waals surface area (Å²) < 4.78 is 11.1. The van der Waals surface area contributed by atoms with Crippen LogP contribution in [0.1, 0.15) is 0 Å². The molecular weight excluding hydrogens is 256 g/mol. The molecule has 0 aliphatic rings. The Balaban J connectivity index is 2.31. The third kappa shape index (κ3) is 2.54. The van der Waals surface area contributed by atoms with E-state index in [0.29, 0.717) is 11.3 Å². The van der Waals surface area contributed by atoms with E-state index in [2.05, 4.69) is 15.2 Å². The SMILES string of the molecule is CS(=O)c1ncc(-c2ccc([N+](=O)[O-])cc2)nn1. The molecule has 0 N–H and O–H groups in total. The summed E-state index contributed by atoms with van der Waals surface area (Å²) in [5.74, 6) is 0. The van der Waals surface area contributed by atoms with Crippen LogP contribution in [0.4, 0.5) is 5.69 Å². The summed E-state index contributed by atoms with van der Waals surface area (Å²) in [7, 11) is -1.28. The molecule has 18 heavy (non-hydrogen) atoms. The van der Waals surface area contributed by atoms with E-state index >= 15 is 0 Å². The van der Waals surface area contributed by atoms with Gasteiger partial charge in [0.2, 0.25) is 5.16 Å². The van der Waals surface area contributed by atoms with Crippen LogP contribution in [0.3, 0.4) is 0 Å². The Morgan fingerprint density at radius 1 is 1.22 bits per heavy atom. The lowest BCUT2D eigenvalue weighted by atomic mass is 10.1. The molecule has 0 spiro atoms. The highest BCUT2D eigenvalue weighted by molar-refractivity contribution is 7.84. The van der Waals surface area contributed by atoms with Crippen LogP contribution in [0.15, 0.2) is 35.6 Å². The van der Waals surface area contributed by atoms with Crippen LogP contribution in [-0.2, 0) is 10.8 Å². The average Bonchev–Trinajstić information content (AvgIpc) is 2.39. The van der Waals surface area contributed by atoms with Crippen molar-refractivity contribution in [2.45, 2.75) is 5.16 Å². The standard InChI is InChI=1S/C10H8N4O3S/c1-18(17)10-11-6-9(12-13-10)7-2-4-8(5-3-7)14(15)16/h2-6H,1H3. The van der Waals surface area contributed by atoms with E-state index in [1.807, 2.05) is 0 Å². The smallest absolute Gasteiger partial charge is 0.258 e. The Kier molecular flexibility index (Phi) is 3.38. The van der Waals surface area contributed by atoms with Crippen molar-refractivity contribution < 1.29 is 9.13 Å². The molecule has 0 amide bonds. The Morgan fingerprint density at radius 2 is 1.89 bits per heavy atom. The second-order valence-electron chi connectivity index (χ2n) is 3.38. The molecule has 1 heterocycles. The van der Waals surface area contributed by atoms with E-state index in [1.54, 1.807) is 12.1 Å². The highest BCUT2D eigenvalue weighted by atomic mass is 32.2. The van der Waals surface area contributed by atoms with Crippen LogP contribution in [0.5, 0.6) is 0 Å². The van der Waals surface area contributed by atoms with E-state index in [0.717, 1.165) is 0 Å². The molecule has 0 saturated heterocycles. The summed E-state index contributed by atoms with van der Waals surface area (Å²) in [6, 6.07) is 5.88. The average molecular weight is 264 g/mol. The summed E-state index contributed by atoms with van der Waals surface area (Å²) in [5, 5.41) is 18.2. The fourth-order valence-corrected chi connectivity index (χ4v) is 1.64. The molecule has 0 saturated carbocycles. The minimum atomic E-state index is -1.28. The van der Waals surface area contributed by atoms with Crippen LogP contribution in [0.2, 0.25) is 0 Å². The summed E-state index contributed by atoms with van der Waals surface area (Å²) >= 11 is 0. The maximum atomic E-state index is 11.1. The molecular formula is C10H8N4O3S. The molecule has 92 valence electrons. The van der Waals surface area contributed by atoms with Gasteiger partial charge >= 0.3 is 0 Å². The molecule has 1 unspecified atom stereocenters. The highest BCUT2D eigenvalue weighted by Crippen LogP contribution is 2.19. The first-order valence-electron chi connectivity index (χ1n) is 4.86. The minimum Gasteiger partial charge on any atom is -0.258 e. The van der Waals surface area contributed by atoms with Crippen molar-refractivity contribution in [3.8, 4) is 11.3 Å². The van der Waals surface area contributed by atoms with Gasteiger partial charge in [-0.15, -0.1) is 10.2 Å². The van der Waals surface area contributed by atoms with Crippen molar-refractivity contribution in [3.63, 3.8) is 0 Å². The molecule has 0 bridgehead atoms. The number of rotatable bonds is 3. The molecule has 0 aliphatic carbocycles. The van der Waals surface area contributed by atoms with Gasteiger partial charge in [0.25, 0.3) is 5.69 Å². The van der Waals surface area contributed by atoms with E-state index in [9.17, 15) is 14.3 Å². The molecule has 0 aliphatic heterocycles. The molecule has 0 fully saturated rings. The highest BCUT2D eigenvalue weighted by Gasteiger charge is 2.08. The van der Waals surface area contributed by atoms with Crippen LogP contribution in [-0.4, -0.2) is 30.6 Å². The van der Waals surface area contributed by atoms with Crippen molar-refractivity contribution in [2.75, 3.05) is 6.26 Å². The number of nitrogens with zero attached hydrogens (tertiary/aromatic N) is 4. The molecule has 0 radical (unpaired) electrons. The fourth-order valence-electron chi connectivity index (χ4n) is 1.28. The first-order chi connectivity index (χ1) is 8.58. The van der Waals surface area contributed by atoms with Crippen molar-refractivity contribution in [1.29, 1.82) is 0 Å². The van der Waals surface area contributed by atoms with Crippen LogP contribution < -0.4 is 0 Å². The number of aromatic nitrogens is 3. The predicted octanol–water partition coefficient (Wildman–Crippen LogP) is 1.18. The Labute approximate surface area is 105 Å². The van der Waals surface area contributed by atoms with Gasteiger partial charge in [-0.1, -0.05) is 0 Å². The second kappa shape index (κ2) is 4.96. The molecule has 1 aromatic carbocycles. The van der Waals surface area contributed by atoms with Crippen molar-refractivity contribution in [2.24, 2.45) is 0 Å². The maximum absolute atomic E-state index is 11.1. The van der Waals surface area contributed by atoms with Gasteiger partial charge in [-0.25, -0.2) is 4.98 Å². The van der Waals surface area contributed by atoms with Crippen molar-refractivity contribution in [3.05, 3.63) is 40.6 Å². The molecule has 2 rings (SSSR count). The Hall–Kier alpha value is -2.22. The van der Waals surface area contributed by atoms with E-state index in [1.165, 1.54) is 24.6 Å². The zero-order chi connectivity index (χ0) is 13.1. The second-order valence-corrected chi connectivity index (χ2v) is 4.66. The third-order valence-electron chi connectivity index (χ3n) is 2.17. The predicted molar refractivity (Wildman–Crippen MR) is 64.2 cm³/mol. The lowest BCUT2D eigenvalue weighted by Gasteiger charge is -1.99. The number of nitro benzene ring substituents is 1. The van der Waals surface area contributed by atoms with Gasteiger partial charge in [0.05, 0.1) is 21.9 Å². The minimum absolute atomic E-state index is 0.00551. The number of hydrogen-bond donors (Lipinski definition) is 0. The van der Waals surface area contributed by atoms with Crippen LogP contribution >= 0.6 is 0 Å². The lowest BCUT2D eigenvalue weighted by Crippen LogP contribution is -2.00. The van der Waals surface area contributed by atoms with Gasteiger partial charge in [-0.3, -0.25) is 14.3 Å². The molecule has 8 heteroatoms. The molecule has 1 atom stereocenters. The first kappa shape index (κ1) is 12.2. The Bertz CT molecular complexity index is 542. The van der Waals surface area contributed by atoms with E-state index < -0.39 is 15.7 Å². The Morgan fingerprint density at radius 3 is 2.33 bits per heavy atom. The van der Waals surface area contributed by atoms with Gasteiger partial charge in [-0.05, 0) is 12.1 Å². The molecule has 2 aromatic rings. The topological polar surface area (TPSA) is 98.9 Å². The van der Waals surface area contributed by atoms with Gasteiger partial charge in [0.1, 0.15) is 5.69 Å². The van der Waals surface area contributed by atoms with E-state index in [4.69, 9.17) is 0 Å². The monoisotopic (exact) mass is 264 g/mol. The fraction of sp³-hybridized carbons (Fsp3) is 0.100. The first-order valence-corrected chi connectivity index (χ1v) is 6.41. The van der Waals surface area contributed by atoms with Gasteiger partial charge in [-0.2, -0.15) is 0 Å². The normalized spacial score (nSPS) is 12.1. The van der Waals surface area contributed by atoms with Crippen LogP contribution in [0, 0.1) is 10.1 Å². The van der Waals surface area contributed by atoms with Crippen molar-refractivity contribution in [1.82, 2.24) is 15.2 Å².